The first-order chi connectivity index (χ1) is 8.70. The van der Waals surface area contributed by atoms with E-state index in [0.717, 1.165) is 17.3 Å². The van der Waals surface area contributed by atoms with E-state index in [4.69, 9.17) is 10.5 Å². The third kappa shape index (κ3) is 2.81. The van der Waals surface area contributed by atoms with Gasteiger partial charge >= 0.3 is 0 Å². The Kier molecular flexibility index (Phi) is 3.84. The van der Waals surface area contributed by atoms with Gasteiger partial charge in [0.25, 0.3) is 5.91 Å². The van der Waals surface area contributed by atoms with E-state index in [1.54, 1.807) is 12.2 Å². The summed E-state index contributed by atoms with van der Waals surface area (Å²) in [6.45, 7) is 4.01. The number of benzene rings is 1. The Bertz CT molecular complexity index is 550. The van der Waals surface area contributed by atoms with Crippen LogP contribution >= 0.6 is 11.8 Å². The molecule has 0 spiro atoms. The molecule has 1 aromatic carbocycles. The van der Waals surface area contributed by atoms with Crippen LogP contribution in [0, 0.1) is 0 Å². The number of amidine groups is 1. The Balaban J connectivity index is 2.26. The van der Waals surface area contributed by atoms with E-state index >= 15 is 0 Å². The van der Waals surface area contributed by atoms with E-state index in [9.17, 15) is 4.79 Å². The molecule has 1 heterocycles. The fraction of sp³-hybridized carbons (Fsp3) is 0.0769. The van der Waals surface area contributed by atoms with Gasteiger partial charge in [0.05, 0.1) is 4.91 Å². The first-order valence-corrected chi connectivity index (χ1v) is 6.13. The van der Waals surface area contributed by atoms with Gasteiger partial charge in [-0.25, -0.2) is 0 Å². The maximum Gasteiger partial charge on any atom is 0.286 e. The monoisotopic (exact) mass is 260 g/mol. The van der Waals surface area contributed by atoms with E-state index in [1.165, 1.54) is 0 Å². The van der Waals surface area contributed by atoms with Gasteiger partial charge in [0.15, 0.2) is 5.17 Å². The highest BCUT2D eigenvalue weighted by Crippen LogP contribution is 2.29. The van der Waals surface area contributed by atoms with Gasteiger partial charge in [-0.05, 0) is 23.9 Å². The number of carbonyl (C=O) groups excluding carboxylic acids is 1. The van der Waals surface area contributed by atoms with Crippen LogP contribution in [0.1, 0.15) is 5.56 Å². The zero-order chi connectivity index (χ0) is 13.0. The van der Waals surface area contributed by atoms with Crippen molar-refractivity contribution in [2.24, 2.45) is 10.7 Å². The second-order valence-electron chi connectivity index (χ2n) is 3.50. The highest BCUT2D eigenvalue weighted by atomic mass is 32.2. The fourth-order valence-electron chi connectivity index (χ4n) is 1.45. The van der Waals surface area contributed by atoms with Crippen LogP contribution in [0.4, 0.5) is 0 Å². The van der Waals surface area contributed by atoms with E-state index in [1.807, 2.05) is 24.3 Å². The zero-order valence-corrected chi connectivity index (χ0v) is 10.4. The first-order valence-electron chi connectivity index (χ1n) is 5.31. The normalized spacial score (nSPS) is 16.8. The van der Waals surface area contributed by atoms with Gasteiger partial charge in [0.2, 0.25) is 0 Å². The molecule has 0 fully saturated rings. The highest BCUT2D eigenvalue weighted by molar-refractivity contribution is 8.18. The van der Waals surface area contributed by atoms with Crippen molar-refractivity contribution in [3.8, 4) is 5.75 Å². The molecule has 5 heteroatoms. The highest BCUT2D eigenvalue weighted by Gasteiger charge is 2.19. The van der Waals surface area contributed by atoms with E-state index in [-0.39, 0.29) is 11.1 Å². The van der Waals surface area contributed by atoms with Crippen LogP contribution in [-0.2, 0) is 4.79 Å². The molecule has 0 atom stereocenters. The number of aliphatic imine (C=N–C) groups is 1. The lowest BCUT2D eigenvalue weighted by atomic mass is 10.2. The second-order valence-corrected chi connectivity index (χ2v) is 4.57. The topological polar surface area (TPSA) is 64.7 Å². The predicted molar refractivity (Wildman–Crippen MR) is 74.3 cm³/mol. The molecule has 1 amide bonds. The molecule has 0 radical (unpaired) electrons. The minimum Gasteiger partial charge on any atom is -0.489 e. The molecule has 1 aliphatic heterocycles. The van der Waals surface area contributed by atoms with Crippen molar-refractivity contribution >= 4 is 28.9 Å². The SMILES string of the molecule is C=CCOc1ccccc1/C=C1/SC(N)=NC1=O. The average molecular weight is 260 g/mol. The van der Waals surface area contributed by atoms with Crippen molar-refractivity contribution in [2.45, 2.75) is 0 Å². The Labute approximate surface area is 109 Å². The Hall–Kier alpha value is -2.01. The lowest BCUT2D eigenvalue weighted by Crippen LogP contribution is -2.01. The summed E-state index contributed by atoms with van der Waals surface area (Å²) in [7, 11) is 0. The molecule has 0 aromatic heterocycles. The molecule has 2 N–H and O–H groups in total. The Morgan fingerprint density at radius 1 is 1.44 bits per heavy atom. The standard InChI is InChI=1S/C13H12N2O2S/c1-2-7-17-10-6-4-3-5-9(10)8-11-12(16)15-13(14)18-11/h2-6,8H,1,7H2,(H2,14,15,16)/b11-8+. The molecule has 0 saturated heterocycles. The third-order valence-corrected chi connectivity index (χ3v) is 3.01. The van der Waals surface area contributed by atoms with Crippen LogP contribution in [-0.4, -0.2) is 17.7 Å². The van der Waals surface area contributed by atoms with Crippen LogP contribution < -0.4 is 10.5 Å². The molecular formula is C13H12N2O2S. The lowest BCUT2D eigenvalue weighted by molar-refractivity contribution is -0.113. The zero-order valence-electron chi connectivity index (χ0n) is 9.63. The second kappa shape index (κ2) is 5.55. The summed E-state index contributed by atoms with van der Waals surface area (Å²) in [5.41, 5.74) is 6.31. The number of nitrogens with zero attached hydrogens (tertiary/aromatic N) is 1. The molecule has 92 valence electrons. The molecular weight excluding hydrogens is 248 g/mol. The number of rotatable bonds is 4. The molecule has 1 aromatic rings. The maximum absolute atomic E-state index is 11.5. The summed E-state index contributed by atoms with van der Waals surface area (Å²) in [6, 6.07) is 7.45. The van der Waals surface area contributed by atoms with Gasteiger partial charge in [-0.1, -0.05) is 30.9 Å². The number of thioether (sulfide) groups is 1. The van der Waals surface area contributed by atoms with Gasteiger partial charge in [-0.3, -0.25) is 4.79 Å². The first kappa shape index (κ1) is 12.4. The quantitative estimate of drug-likeness (QED) is 0.665. The molecule has 2 rings (SSSR count). The van der Waals surface area contributed by atoms with Gasteiger partial charge in [0.1, 0.15) is 12.4 Å². The molecule has 0 aliphatic carbocycles. The predicted octanol–water partition coefficient (Wildman–Crippen LogP) is 2.18. The van der Waals surface area contributed by atoms with Crippen LogP contribution in [0.2, 0.25) is 0 Å². The molecule has 4 nitrogen and oxygen atoms in total. The van der Waals surface area contributed by atoms with E-state index in [0.29, 0.717) is 17.3 Å². The molecule has 0 unspecified atom stereocenters. The number of hydrogen-bond donors (Lipinski definition) is 1. The summed E-state index contributed by atoms with van der Waals surface area (Å²) >= 11 is 1.16. The molecule has 0 bridgehead atoms. The van der Waals surface area contributed by atoms with Crippen LogP contribution in [0.5, 0.6) is 5.75 Å². The number of ether oxygens (including phenoxy) is 1. The van der Waals surface area contributed by atoms with Gasteiger partial charge < -0.3 is 10.5 Å². The summed E-state index contributed by atoms with van der Waals surface area (Å²) in [5, 5.41) is 0.274. The van der Waals surface area contributed by atoms with Crippen LogP contribution in [0.15, 0.2) is 46.8 Å². The summed E-state index contributed by atoms with van der Waals surface area (Å²) in [5.74, 6) is 0.389. The lowest BCUT2D eigenvalue weighted by Gasteiger charge is -2.07. The average Bonchev–Trinajstić information content (AvgIpc) is 2.67. The van der Waals surface area contributed by atoms with Crippen molar-refractivity contribution in [1.29, 1.82) is 0 Å². The van der Waals surface area contributed by atoms with Crippen LogP contribution in [0.3, 0.4) is 0 Å². The van der Waals surface area contributed by atoms with Crippen LogP contribution in [0.25, 0.3) is 6.08 Å². The fourth-order valence-corrected chi connectivity index (χ4v) is 2.12. The molecule has 18 heavy (non-hydrogen) atoms. The largest absolute Gasteiger partial charge is 0.489 e. The van der Waals surface area contributed by atoms with E-state index < -0.39 is 0 Å². The van der Waals surface area contributed by atoms with Gasteiger partial charge in [-0.15, -0.1) is 0 Å². The summed E-state index contributed by atoms with van der Waals surface area (Å²) in [6.07, 6.45) is 3.40. The van der Waals surface area contributed by atoms with Crippen molar-refractivity contribution in [2.75, 3.05) is 6.61 Å². The van der Waals surface area contributed by atoms with Gasteiger partial charge in [0, 0.05) is 5.56 Å². The minimum absolute atomic E-state index is 0.274. The van der Waals surface area contributed by atoms with Crippen molar-refractivity contribution in [3.63, 3.8) is 0 Å². The maximum atomic E-state index is 11.5. The smallest absolute Gasteiger partial charge is 0.286 e. The van der Waals surface area contributed by atoms with E-state index in [2.05, 4.69) is 11.6 Å². The number of para-hydroxylation sites is 1. The minimum atomic E-state index is -0.309. The molecule has 0 saturated carbocycles. The summed E-state index contributed by atoms with van der Waals surface area (Å²) < 4.78 is 5.51. The Morgan fingerprint density at radius 3 is 2.89 bits per heavy atom. The summed E-state index contributed by atoms with van der Waals surface area (Å²) in [4.78, 5) is 15.7. The number of carbonyl (C=O) groups is 1. The third-order valence-electron chi connectivity index (χ3n) is 2.20. The number of amides is 1. The number of nitrogens with two attached hydrogens (primary N) is 1. The Morgan fingerprint density at radius 2 is 2.22 bits per heavy atom. The van der Waals surface area contributed by atoms with Crippen molar-refractivity contribution in [3.05, 3.63) is 47.4 Å². The number of hydrogen-bond acceptors (Lipinski definition) is 4. The molecule has 1 aliphatic rings. The van der Waals surface area contributed by atoms with Crippen molar-refractivity contribution in [1.82, 2.24) is 0 Å². The van der Waals surface area contributed by atoms with Gasteiger partial charge in [-0.2, -0.15) is 4.99 Å². The van der Waals surface area contributed by atoms with Crippen molar-refractivity contribution < 1.29 is 9.53 Å².